The first-order valence-electron chi connectivity index (χ1n) is 12.8. The van der Waals surface area contributed by atoms with Gasteiger partial charge in [-0.05, 0) is 92.2 Å². The van der Waals surface area contributed by atoms with Crippen LogP contribution in [0.4, 0.5) is 0 Å². The lowest BCUT2D eigenvalue weighted by molar-refractivity contribution is -0.139. The predicted molar refractivity (Wildman–Crippen MR) is 126 cm³/mol. The Balaban J connectivity index is 1.46. The summed E-state index contributed by atoms with van der Waals surface area (Å²) in [5.41, 5.74) is 1.41. The molecule has 0 radical (unpaired) electrons. The Morgan fingerprint density at radius 2 is 1.47 bits per heavy atom. The van der Waals surface area contributed by atoms with Crippen LogP contribution in [0.15, 0.2) is 24.3 Å². The summed E-state index contributed by atoms with van der Waals surface area (Å²) in [5.74, 6) is 4.72. The lowest BCUT2D eigenvalue weighted by Gasteiger charge is -2.31. The SMILES string of the molecule is CCC(CCC(C)C1CCC(C)CC1)C(=O)Oc1ccc(C2CCC(C)CC2)cc1. The summed E-state index contributed by atoms with van der Waals surface area (Å²) >= 11 is 0. The third-order valence-corrected chi connectivity index (χ3v) is 8.25. The average molecular weight is 413 g/mol. The first kappa shape index (κ1) is 23.4. The van der Waals surface area contributed by atoms with Crippen molar-refractivity contribution in [2.75, 3.05) is 0 Å². The van der Waals surface area contributed by atoms with E-state index in [1.807, 2.05) is 12.1 Å². The highest BCUT2D eigenvalue weighted by Gasteiger charge is 2.26. The minimum Gasteiger partial charge on any atom is -0.426 e. The zero-order chi connectivity index (χ0) is 21.5. The van der Waals surface area contributed by atoms with Gasteiger partial charge in [0, 0.05) is 0 Å². The maximum Gasteiger partial charge on any atom is 0.314 e. The van der Waals surface area contributed by atoms with E-state index in [4.69, 9.17) is 4.74 Å². The second kappa shape index (κ2) is 11.3. The topological polar surface area (TPSA) is 26.3 Å². The molecule has 2 atom stereocenters. The summed E-state index contributed by atoms with van der Waals surface area (Å²) in [5, 5.41) is 0. The maximum atomic E-state index is 12.8. The molecule has 0 heterocycles. The van der Waals surface area contributed by atoms with Crippen molar-refractivity contribution < 1.29 is 9.53 Å². The van der Waals surface area contributed by atoms with Gasteiger partial charge in [-0.25, -0.2) is 0 Å². The normalized spacial score (nSPS) is 29.2. The second-order valence-corrected chi connectivity index (χ2v) is 10.6. The van der Waals surface area contributed by atoms with Crippen LogP contribution in [0.2, 0.25) is 0 Å². The fourth-order valence-corrected chi connectivity index (χ4v) is 5.64. The van der Waals surface area contributed by atoms with Crippen LogP contribution in [-0.2, 0) is 4.79 Å². The Morgan fingerprint density at radius 1 is 0.900 bits per heavy atom. The molecule has 0 aliphatic heterocycles. The van der Waals surface area contributed by atoms with Crippen molar-refractivity contribution in [1.29, 1.82) is 0 Å². The van der Waals surface area contributed by atoms with Gasteiger partial charge in [0.25, 0.3) is 0 Å². The highest BCUT2D eigenvalue weighted by molar-refractivity contribution is 5.75. The Bertz CT molecular complexity index is 633. The largest absolute Gasteiger partial charge is 0.426 e. The number of benzene rings is 1. The summed E-state index contributed by atoms with van der Waals surface area (Å²) in [6.45, 7) is 9.25. The minimum absolute atomic E-state index is 0.0227. The van der Waals surface area contributed by atoms with E-state index in [0.29, 0.717) is 11.7 Å². The first-order valence-corrected chi connectivity index (χ1v) is 12.8. The molecule has 0 spiro atoms. The van der Waals surface area contributed by atoms with Crippen LogP contribution in [-0.4, -0.2) is 5.97 Å². The van der Waals surface area contributed by atoms with Crippen LogP contribution in [0, 0.1) is 29.6 Å². The van der Waals surface area contributed by atoms with E-state index in [2.05, 4.69) is 39.8 Å². The fraction of sp³-hybridized carbons (Fsp3) is 0.750. The zero-order valence-corrected chi connectivity index (χ0v) is 19.9. The molecule has 1 aromatic carbocycles. The van der Waals surface area contributed by atoms with Crippen LogP contribution in [0.25, 0.3) is 0 Å². The van der Waals surface area contributed by atoms with Gasteiger partial charge in [0.2, 0.25) is 0 Å². The van der Waals surface area contributed by atoms with Crippen molar-refractivity contribution in [1.82, 2.24) is 0 Å². The summed E-state index contributed by atoms with van der Waals surface area (Å²) in [7, 11) is 0. The van der Waals surface area contributed by atoms with Gasteiger partial charge in [-0.1, -0.05) is 65.5 Å². The molecule has 0 amide bonds. The third kappa shape index (κ3) is 6.59. The number of rotatable bonds is 8. The monoisotopic (exact) mass is 412 g/mol. The first-order chi connectivity index (χ1) is 14.5. The smallest absolute Gasteiger partial charge is 0.314 e. The predicted octanol–water partition coefficient (Wildman–Crippen LogP) is 8.15. The molecule has 3 rings (SSSR count). The summed E-state index contributed by atoms with van der Waals surface area (Å²) < 4.78 is 5.78. The molecule has 2 fully saturated rings. The lowest BCUT2D eigenvalue weighted by atomic mass is 9.75. The Morgan fingerprint density at radius 3 is 2.03 bits per heavy atom. The Labute approximate surface area is 185 Å². The van der Waals surface area contributed by atoms with E-state index in [1.54, 1.807) is 0 Å². The van der Waals surface area contributed by atoms with Crippen molar-refractivity contribution in [2.45, 2.75) is 104 Å². The van der Waals surface area contributed by atoms with Gasteiger partial charge in [-0.2, -0.15) is 0 Å². The minimum atomic E-state index is -0.0405. The van der Waals surface area contributed by atoms with Crippen LogP contribution in [0.3, 0.4) is 0 Å². The standard InChI is InChI=1S/C28H44O2/c1-5-23(15-10-22(4)24-11-6-20(2)7-12-24)28(29)30-27-18-16-26(17-19-27)25-13-8-21(3)9-14-25/h16-25H,5-15H2,1-4H3. The number of hydrogen-bond donors (Lipinski definition) is 0. The van der Waals surface area contributed by atoms with Crippen molar-refractivity contribution in [2.24, 2.45) is 29.6 Å². The molecule has 2 aliphatic rings. The number of carbonyl (C=O) groups excluding carboxylic acids is 1. The van der Waals surface area contributed by atoms with E-state index in [-0.39, 0.29) is 11.9 Å². The van der Waals surface area contributed by atoms with Crippen LogP contribution < -0.4 is 4.74 Å². The van der Waals surface area contributed by atoms with E-state index >= 15 is 0 Å². The molecule has 2 saturated carbocycles. The average Bonchev–Trinajstić information content (AvgIpc) is 2.75. The summed E-state index contributed by atoms with van der Waals surface area (Å²) in [6, 6.07) is 8.36. The van der Waals surface area contributed by atoms with Gasteiger partial charge < -0.3 is 4.74 Å². The molecule has 2 unspecified atom stereocenters. The Kier molecular flexibility index (Phi) is 8.84. The summed E-state index contributed by atoms with van der Waals surface area (Å²) in [4.78, 5) is 12.8. The fourth-order valence-electron chi connectivity index (χ4n) is 5.64. The van der Waals surface area contributed by atoms with Crippen LogP contribution in [0.1, 0.15) is 110 Å². The highest BCUT2D eigenvalue weighted by Crippen LogP contribution is 2.37. The molecule has 1 aromatic rings. The van der Waals surface area contributed by atoms with Crippen LogP contribution in [0.5, 0.6) is 5.75 Å². The molecule has 2 heteroatoms. The molecule has 0 N–H and O–H groups in total. The molecule has 168 valence electrons. The lowest BCUT2D eigenvalue weighted by Crippen LogP contribution is -2.23. The summed E-state index contributed by atoms with van der Waals surface area (Å²) in [6.07, 6.45) is 13.7. The van der Waals surface area contributed by atoms with Crippen molar-refractivity contribution in [3.63, 3.8) is 0 Å². The number of carbonyl (C=O) groups is 1. The molecular weight excluding hydrogens is 368 g/mol. The highest BCUT2D eigenvalue weighted by atomic mass is 16.5. The van der Waals surface area contributed by atoms with E-state index in [1.165, 1.54) is 56.9 Å². The molecular formula is C28H44O2. The van der Waals surface area contributed by atoms with E-state index in [0.717, 1.165) is 42.9 Å². The molecule has 2 nitrogen and oxygen atoms in total. The van der Waals surface area contributed by atoms with Gasteiger partial charge in [-0.15, -0.1) is 0 Å². The molecule has 0 bridgehead atoms. The zero-order valence-electron chi connectivity index (χ0n) is 19.9. The quantitative estimate of drug-likeness (QED) is 0.318. The van der Waals surface area contributed by atoms with Crippen molar-refractivity contribution >= 4 is 5.97 Å². The van der Waals surface area contributed by atoms with Crippen LogP contribution >= 0.6 is 0 Å². The van der Waals surface area contributed by atoms with Crippen molar-refractivity contribution in [3.8, 4) is 5.75 Å². The van der Waals surface area contributed by atoms with Crippen molar-refractivity contribution in [3.05, 3.63) is 29.8 Å². The number of esters is 1. The second-order valence-electron chi connectivity index (χ2n) is 10.6. The Hall–Kier alpha value is -1.31. The molecule has 30 heavy (non-hydrogen) atoms. The van der Waals surface area contributed by atoms with Gasteiger partial charge in [0.05, 0.1) is 5.92 Å². The van der Waals surface area contributed by atoms with E-state index < -0.39 is 0 Å². The maximum absolute atomic E-state index is 12.8. The number of hydrogen-bond acceptors (Lipinski definition) is 2. The molecule has 0 saturated heterocycles. The number of ether oxygens (including phenoxy) is 1. The molecule has 0 aromatic heterocycles. The van der Waals surface area contributed by atoms with Gasteiger partial charge in [0.1, 0.15) is 5.75 Å². The van der Waals surface area contributed by atoms with Gasteiger partial charge >= 0.3 is 5.97 Å². The van der Waals surface area contributed by atoms with Gasteiger partial charge in [-0.3, -0.25) is 4.79 Å². The van der Waals surface area contributed by atoms with Gasteiger partial charge in [0.15, 0.2) is 0 Å². The molecule has 2 aliphatic carbocycles. The third-order valence-electron chi connectivity index (χ3n) is 8.25. The van der Waals surface area contributed by atoms with E-state index in [9.17, 15) is 4.79 Å².